The van der Waals surface area contributed by atoms with Gasteiger partial charge >= 0.3 is 0 Å². The molecule has 3 heterocycles. The topological polar surface area (TPSA) is 34.0 Å². The Bertz CT molecular complexity index is 626. The highest BCUT2D eigenvalue weighted by Gasteiger charge is 2.31. The predicted molar refractivity (Wildman–Crippen MR) is 86.6 cm³/mol. The fourth-order valence-corrected chi connectivity index (χ4v) is 3.30. The van der Waals surface area contributed by atoms with Crippen molar-refractivity contribution in [2.75, 3.05) is 20.1 Å². The zero-order chi connectivity index (χ0) is 15.0. The molecule has 0 saturated carbocycles. The molecule has 2 aromatic rings. The first-order valence-corrected chi connectivity index (χ1v) is 8.06. The highest BCUT2D eigenvalue weighted by Crippen LogP contribution is 2.35. The van der Waals surface area contributed by atoms with Crippen molar-refractivity contribution >= 4 is 22.8 Å². The average molecular weight is 307 g/mol. The summed E-state index contributed by atoms with van der Waals surface area (Å²) in [6.07, 6.45) is 4.23. The van der Waals surface area contributed by atoms with E-state index in [2.05, 4.69) is 33.4 Å². The van der Waals surface area contributed by atoms with Crippen molar-refractivity contribution in [1.29, 1.82) is 0 Å². The van der Waals surface area contributed by atoms with Crippen LogP contribution in [0.2, 0.25) is 0 Å². The van der Waals surface area contributed by atoms with E-state index < -0.39 is 0 Å². The largest absolute Gasteiger partial charge is 0.311 e. The molecular formula is C16H23ClN4. The molecule has 3 rings (SSSR count). The van der Waals surface area contributed by atoms with Gasteiger partial charge in [0.2, 0.25) is 0 Å². The molecule has 1 aliphatic heterocycles. The Labute approximate surface area is 131 Å². The summed E-state index contributed by atoms with van der Waals surface area (Å²) in [6, 6.07) is 3.94. The lowest BCUT2D eigenvalue weighted by Gasteiger charge is -2.38. The number of imidazole rings is 1. The third-order valence-corrected chi connectivity index (χ3v) is 4.82. The Kier molecular flexibility index (Phi) is 3.93. The van der Waals surface area contributed by atoms with Crippen LogP contribution in [0.4, 0.5) is 0 Å². The van der Waals surface area contributed by atoms with Crippen LogP contribution in [0.25, 0.3) is 11.2 Å². The first-order valence-electron chi connectivity index (χ1n) is 7.62. The molecule has 0 N–H and O–H groups in total. The molecule has 0 aliphatic carbocycles. The summed E-state index contributed by atoms with van der Waals surface area (Å²) >= 11 is 6.35. The summed E-state index contributed by atoms with van der Waals surface area (Å²) in [7, 11) is 2.19. The van der Waals surface area contributed by atoms with E-state index in [4.69, 9.17) is 11.6 Å². The Morgan fingerprint density at radius 1 is 1.38 bits per heavy atom. The second-order valence-electron chi connectivity index (χ2n) is 6.63. The molecule has 0 amide bonds. The van der Waals surface area contributed by atoms with Gasteiger partial charge in [-0.15, -0.1) is 11.6 Å². The minimum Gasteiger partial charge on any atom is -0.311 e. The van der Waals surface area contributed by atoms with Gasteiger partial charge < -0.3 is 9.47 Å². The molecule has 1 fully saturated rings. The van der Waals surface area contributed by atoms with Gasteiger partial charge in [-0.05, 0) is 57.5 Å². The maximum absolute atomic E-state index is 6.35. The molecule has 21 heavy (non-hydrogen) atoms. The maximum Gasteiger partial charge on any atom is 0.160 e. The van der Waals surface area contributed by atoms with Gasteiger partial charge in [-0.1, -0.05) is 6.92 Å². The fourth-order valence-electron chi connectivity index (χ4n) is 3.13. The summed E-state index contributed by atoms with van der Waals surface area (Å²) in [5.41, 5.74) is 2.19. The fraction of sp³-hybridized carbons (Fsp3) is 0.625. The van der Waals surface area contributed by atoms with Crippen molar-refractivity contribution in [3.8, 4) is 0 Å². The van der Waals surface area contributed by atoms with Gasteiger partial charge in [0.1, 0.15) is 11.3 Å². The molecule has 0 spiro atoms. The van der Waals surface area contributed by atoms with Crippen LogP contribution in [0.3, 0.4) is 0 Å². The number of hydrogen-bond acceptors (Lipinski definition) is 3. The van der Waals surface area contributed by atoms with E-state index in [1.165, 1.54) is 12.8 Å². The minimum absolute atomic E-state index is 0.103. The van der Waals surface area contributed by atoms with E-state index in [9.17, 15) is 0 Å². The second kappa shape index (κ2) is 5.58. The Balaban J connectivity index is 1.97. The van der Waals surface area contributed by atoms with Gasteiger partial charge in [-0.25, -0.2) is 9.97 Å². The zero-order valence-corrected chi connectivity index (χ0v) is 13.8. The highest BCUT2D eigenvalue weighted by atomic mass is 35.5. The summed E-state index contributed by atoms with van der Waals surface area (Å²) < 4.78 is 2.23. The lowest BCUT2D eigenvalue weighted by Crippen LogP contribution is -2.38. The molecule has 114 valence electrons. The van der Waals surface area contributed by atoms with E-state index in [1.54, 1.807) is 0 Å². The van der Waals surface area contributed by atoms with Crippen molar-refractivity contribution in [2.24, 2.45) is 5.41 Å². The number of rotatable bonds is 3. The van der Waals surface area contributed by atoms with Crippen LogP contribution in [0.15, 0.2) is 18.3 Å². The van der Waals surface area contributed by atoms with Crippen molar-refractivity contribution in [3.63, 3.8) is 0 Å². The number of halogens is 1. The molecular weight excluding hydrogens is 284 g/mol. The molecule has 1 unspecified atom stereocenters. The third kappa shape index (κ3) is 2.92. The van der Waals surface area contributed by atoms with Gasteiger partial charge in [-0.2, -0.15) is 0 Å². The third-order valence-electron chi connectivity index (χ3n) is 4.62. The van der Waals surface area contributed by atoms with Crippen LogP contribution < -0.4 is 0 Å². The standard InChI is InChI=1S/C16H23ClN4/c1-12(17)14-19-13-5-4-8-18-15(13)21(14)11-16(2)6-9-20(3)10-7-16/h4-5,8,12H,6-7,9-11H2,1-3H3. The van der Waals surface area contributed by atoms with Crippen LogP contribution in [-0.4, -0.2) is 39.6 Å². The molecule has 0 bridgehead atoms. The van der Waals surface area contributed by atoms with Crippen molar-refractivity contribution < 1.29 is 0 Å². The number of pyridine rings is 1. The molecule has 4 nitrogen and oxygen atoms in total. The predicted octanol–water partition coefficient (Wildman–Crippen LogP) is 3.46. The molecule has 1 atom stereocenters. The Morgan fingerprint density at radius 3 is 2.76 bits per heavy atom. The van der Waals surface area contributed by atoms with Crippen LogP contribution >= 0.6 is 11.6 Å². The zero-order valence-electron chi connectivity index (χ0n) is 13.0. The molecule has 1 saturated heterocycles. The Hall–Kier alpha value is -1.13. The van der Waals surface area contributed by atoms with E-state index in [0.717, 1.165) is 36.6 Å². The quantitative estimate of drug-likeness (QED) is 0.814. The monoisotopic (exact) mass is 306 g/mol. The lowest BCUT2D eigenvalue weighted by molar-refractivity contribution is 0.121. The number of likely N-dealkylation sites (tertiary alicyclic amines) is 1. The second-order valence-corrected chi connectivity index (χ2v) is 7.29. The molecule has 0 radical (unpaired) electrons. The number of alkyl halides is 1. The molecule has 5 heteroatoms. The number of hydrogen-bond donors (Lipinski definition) is 0. The van der Waals surface area contributed by atoms with Crippen molar-refractivity contribution in [1.82, 2.24) is 19.4 Å². The smallest absolute Gasteiger partial charge is 0.160 e. The van der Waals surface area contributed by atoms with Crippen LogP contribution in [0.5, 0.6) is 0 Å². The van der Waals surface area contributed by atoms with Gasteiger partial charge in [0, 0.05) is 12.7 Å². The molecule has 0 aromatic carbocycles. The normalized spacial score (nSPS) is 20.8. The minimum atomic E-state index is -0.103. The molecule has 1 aliphatic rings. The van der Waals surface area contributed by atoms with E-state index in [0.29, 0.717) is 0 Å². The number of nitrogens with zero attached hydrogens (tertiary/aromatic N) is 4. The summed E-state index contributed by atoms with van der Waals surface area (Å²) in [5, 5.41) is -0.103. The summed E-state index contributed by atoms with van der Waals surface area (Å²) in [4.78, 5) is 11.6. The van der Waals surface area contributed by atoms with Crippen LogP contribution in [0.1, 0.15) is 37.9 Å². The van der Waals surface area contributed by atoms with Crippen molar-refractivity contribution in [2.45, 2.75) is 38.6 Å². The summed E-state index contributed by atoms with van der Waals surface area (Å²) in [5.74, 6) is 0.936. The van der Waals surface area contributed by atoms with Gasteiger partial charge in [0.05, 0.1) is 5.38 Å². The van der Waals surface area contributed by atoms with Gasteiger partial charge in [-0.3, -0.25) is 0 Å². The number of aromatic nitrogens is 3. The number of fused-ring (bicyclic) bond motifs is 1. The number of piperidine rings is 1. The van der Waals surface area contributed by atoms with Crippen LogP contribution in [-0.2, 0) is 6.54 Å². The van der Waals surface area contributed by atoms with E-state index in [1.807, 2.05) is 25.3 Å². The van der Waals surface area contributed by atoms with E-state index in [-0.39, 0.29) is 10.8 Å². The highest BCUT2D eigenvalue weighted by molar-refractivity contribution is 6.20. The van der Waals surface area contributed by atoms with Gasteiger partial charge in [0.25, 0.3) is 0 Å². The van der Waals surface area contributed by atoms with Crippen molar-refractivity contribution in [3.05, 3.63) is 24.2 Å². The van der Waals surface area contributed by atoms with Crippen LogP contribution in [0, 0.1) is 5.41 Å². The maximum atomic E-state index is 6.35. The molecule has 2 aromatic heterocycles. The van der Waals surface area contributed by atoms with E-state index >= 15 is 0 Å². The van der Waals surface area contributed by atoms with Gasteiger partial charge in [0.15, 0.2) is 5.65 Å². The SMILES string of the molecule is CC(Cl)c1nc2cccnc2n1CC1(C)CCN(C)CC1. The summed E-state index contributed by atoms with van der Waals surface area (Å²) in [6.45, 7) is 7.61. The first-order chi connectivity index (χ1) is 9.98. The average Bonchev–Trinajstić information content (AvgIpc) is 2.82. The lowest BCUT2D eigenvalue weighted by atomic mass is 9.80. The first kappa shape index (κ1) is 14.8. The Morgan fingerprint density at radius 2 is 2.10 bits per heavy atom.